The quantitative estimate of drug-likeness (QED) is 0.320. The summed E-state index contributed by atoms with van der Waals surface area (Å²) < 4.78 is 0. The molecule has 1 heterocycles. The zero-order valence-corrected chi connectivity index (χ0v) is 19.6. The van der Waals surface area contributed by atoms with Crippen LogP contribution < -0.4 is 16.0 Å². The number of thiazole rings is 1. The molecule has 8 heteroatoms. The maximum Gasteiger partial charge on any atom is 0.226 e. The van der Waals surface area contributed by atoms with Crippen LogP contribution in [0.3, 0.4) is 0 Å². The summed E-state index contributed by atoms with van der Waals surface area (Å²) in [5.74, 6) is 0.719. The first-order valence-corrected chi connectivity index (χ1v) is 9.48. The normalized spacial score (nSPS) is 11.1. The summed E-state index contributed by atoms with van der Waals surface area (Å²) in [5, 5.41) is 10.5. The molecule has 0 atom stereocenters. The van der Waals surface area contributed by atoms with Gasteiger partial charge in [-0.2, -0.15) is 0 Å². The second kappa shape index (κ2) is 11.2. The number of halogens is 1. The third-order valence-corrected chi connectivity index (χ3v) is 4.98. The number of carbonyl (C=O) groups excluding carboxylic acids is 1. The number of aliphatic imine (C=N–C) groups is 1. The van der Waals surface area contributed by atoms with Gasteiger partial charge in [0.1, 0.15) is 5.01 Å². The number of hydrogen-bond donors (Lipinski definition) is 3. The van der Waals surface area contributed by atoms with Gasteiger partial charge in [-0.3, -0.25) is 9.79 Å². The molecule has 27 heavy (non-hydrogen) atoms. The van der Waals surface area contributed by atoms with Crippen molar-refractivity contribution in [3.05, 3.63) is 45.4 Å². The molecule has 0 aliphatic rings. The minimum absolute atomic E-state index is 0. The number of hydrogen-bond acceptors (Lipinski definition) is 4. The van der Waals surface area contributed by atoms with Gasteiger partial charge in [0.05, 0.1) is 12.2 Å². The molecular weight excluding hydrogens is 473 g/mol. The minimum Gasteiger partial charge on any atom is -0.352 e. The van der Waals surface area contributed by atoms with Crippen molar-refractivity contribution in [3.63, 3.8) is 0 Å². The van der Waals surface area contributed by atoms with Crippen molar-refractivity contribution in [1.82, 2.24) is 15.6 Å². The number of aromatic nitrogens is 1. The van der Waals surface area contributed by atoms with Gasteiger partial charge in [0, 0.05) is 30.1 Å². The lowest BCUT2D eigenvalue weighted by molar-refractivity contribution is -0.118. The molecule has 0 bridgehead atoms. The summed E-state index contributed by atoms with van der Waals surface area (Å²) in [6.45, 7) is 9.15. The standard InChI is InChI=1S/C19H27N5OS.HI/c1-12(2)18(25)24-16-8-6-15(7-9-16)10-21-19(20-5)22-11-17-23-13(3)14(4)26-17;/h6-9,12H,10-11H2,1-5H3,(H,24,25)(H2,20,21,22);1H. The van der Waals surface area contributed by atoms with Crippen LogP contribution >= 0.6 is 35.3 Å². The van der Waals surface area contributed by atoms with Gasteiger partial charge in [-0.15, -0.1) is 35.3 Å². The summed E-state index contributed by atoms with van der Waals surface area (Å²) in [5.41, 5.74) is 3.00. The molecule has 0 radical (unpaired) electrons. The molecule has 0 spiro atoms. The van der Waals surface area contributed by atoms with Crippen LogP contribution in [0, 0.1) is 19.8 Å². The van der Waals surface area contributed by atoms with E-state index in [4.69, 9.17) is 0 Å². The van der Waals surface area contributed by atoms with Crippen LogP contribution in [0.2, 0.25) is 0 Å². The molecule has 3 N–H and O–H groups in total. The van der Waals surface area contributed by atoms with E-state index in [2.05, 4.69) is 32.9 Å². The Hall–Kier alpha value is -1.68. The fourth-order valence-corrected chi connectivity index (χ4v) is 3.05. The number of carbonyl (C=O) groups is 1. The Bertz CT molecular complexity index is 751. The average Bonchev–Trinajstić information content (AvgIpc) is 2.94. The predicted molar refractivity (Wildman–Crippen MR) is 124 cm³/mol. The Kier molecular flexibility index (Phi) is 9.71. The summed E-state index contributed by atoms with van der Waals surface area (Å²) in [7, 11) is 1.75. The van der Waals surface area contributed by atoms with E-state index in [1.54, 1.807) is 18.4 Å². The molecule has 0 saturated carbocycles. The Balaban J connectivity index is 0.00000364. The van der Waals surface area contributed by atoms with Crippen molar-refractivity contribution in [3.8, 4) is 0 Å². The summed E-state index contributed by atoms with van der Waals surface area (Å²) in [6, 6.07) is 7.80. The third kappa shape index (κ3) is 7.45. The highest BCUT2D eigenvalue weighted by Crippen LogP contribution is 2.16. The Morgan fingerprint density at radius 2 is 1.78 bits per heavy atom. The van der Waals surface area contributed by atoms with Crippen molar-refractivity contribution >= 4 is 52.9 Å². The van der Waals surface area contributed by atoms with Crippen molar-refractivity contribution in [2.75, 3.05) is 12.4 Å². The first-order valence-electron chi connectivity index (χ1n) is 8.66. The molecule has 1 aromatic heterocycles. The highest BCUT2D eigenvalue weighted by Gasteiger charge is 2.07. The number of amides is 1. The number of rotatable bonds is 6. The Labute approximate surface area is 182 Å². The molecule has 2 aromatic rings. The van der Waals surface area contributed by atoms with Crippen LogP contribution in [-0.4, -0.2) is 23.9 Å². The number of nitrogens with zero attached hydrogens (tertiary/aromatic N) is 2. The van der Waals surface area contributed by atoms with Crippen molar-refractivity contribution in [2.45, 2.75) is 40.8 Å². The largest absolute Gasteiger partial charge is 0.352 e. The molecule has 1 aromatic carbocycles. The second-order valence-electron chi connectivity index (χ2n) is 6.37. The fraction of sp³-hybridized carbons (Fsp3) is 0.421. The topological polar surface area (TPSA) is 78.4 Å². The monoisotopic (exact) mass is 501 g/mol. The molecule has 0 fully saturated rings. The van der Waals surface area contributed by atoms with E-state index >= 15 is 0 Å². The van der Waals surface area contributed by atoms with Crippen molar-refractivity contribution in [1.29, 1.82) is 0 Å². The van der Waals surface area contributed by atoms with Crippen molar-refractivity contribution < 1.29 is 4.79 Å². The van der Waals surface area contributed by atoms with E-state index in [-0.39, 0.29) is 35.8 Å². The molecule has 6 nitrogen and oxygen atoms in total. The smallest absolute Gasteiger partial charge is 0.226 e. The van der Waals surface area contributed by atoms with E-state index in [1.165, 1.54) is 4.88 Å². The fourth-order valence-electron chi connectivity index (χ4n) is 2.17. The first kappa shape index (κ1) is 23.4. The molecule has 0 aliphatic heterocycles. The maximum atomic E-state index is 11.7. The van der Waals surface area contributed by atoms with Crippen LogP contribution in [0.15, 0.2) is 29.3 Å². The molecule has 0 aliphatic carbocycles. The van der Waals surface area contributed by atoms with Gasteiger partial charge in [-0.05, 0) is 31.5 Å². The molecule has 148 valence electrons. The lowest BCUT2D eigenvalue weighted by Crippen LogP contribution is -2.36. The van der Waals surface area contributed by atoms with Gasteiger partial charge in [-0.1, -0.05) is 26.0 Å². The number of aryl methyl sites for hydroxylation is 2. The number of nitrogens with one attached hydrogen (secondary N) is 3. The van der Waals surface area contributed by atoms with E-state index < -0.39 is 0 Å². The van der Waals surface area contributed by atoms with E-state index in [0.717, 1.165) is 27.9 Å². The second-order valence-corrected chi connectivity index (χ2v) is 7.66. The molecule has 0 unspecified atom stereocenters. The van der Waals surface area contributed by atoms with Gasteiger partial charge in [0.25, 0.3) is 0 Å². The van der Waals surface area contributed by atoms with Gasteiger partial charge in [0.2, 0.25) is 5.91 Å². The SMILES string of the molecule is CN=C(NCc1ccc(NC(=O)C(C)C)cc1)NCc1nc(C)c(C)s1.I. The first-order chi connectivity index (χ1) is 12.4. The molecule has 0 saturated heterocycles. The Morgan fingerprint density at radius 1 is 1.15 bits per heavy atom. The summed E-state index contributed by atoms with van der Waals surface area (Å²) >= 11 is 1.70. The molecule has 2 rings (SSSR count). The van der Waals surface area contributed by atoms with E-state index in [0.29, 0.717) is 13.1 Å². The lowest BCUT2D eigenvalue weighted by Gasteiger charge is -2.12. The highest BCUT2D eigenvalue weighted by atomic mass is 127. The van der Waals surface area contributed by atoms with E-state index in [9.17, 15) is 4.79 Å². The van der Waals surface area contributed by atoms with Gasteiger partial charge in [-0.25, -0.2) is 4.98 Å². The predicted octanol–water partition coefficient (Wildman–Crippen LogP) is 3.84. The average molecular weight is 501 g/mol. The minimum atomic E-state index is -0.0313. The maximum absolute atomic E-state index is 11.7. The molecular formula is C19H28IN5OS. The number of guanidine groups is 1. The highest BCUT2D eigenvalue weighted by molar-refractivity contribution is 14.0. The lowest BCUT2D eigenvalue weighted by atomic mass is 10.1. The van der Waals surface area contributed by atoms with Crippen LogP contribution in [0.5, 0.6) is 0 Å². The zero-order valence-electron chi connectivity index (χ0n) is 16.4. The Morgan fingerprint density at radius 3 is 2.30 bits per heavy atom. The van der Waals surface area contributed by atoms with Gasteiger partial charge in [0.15, 0.2) is 5.96 Å². The zero-order chi connectivity index (χ0) is 19.1. The van der Waals surface area contributed by atoms with Crippen molar-refractivity contribution in [2.24, 2.45) is 10.9 Å². The summed E-state index contributed by atoms with van der Waals surface area (Å²) in [6.07, 6.45) is 0. The third-order valence-electron chi connectivity index (χ3n) is 3.91. The van der Waals surface area contributed by atoms with Crippen LogP contribution in [-0.2, 0) is 17.9 Å². The number of benzene rings is 1. The number of anilines is 1. The van der Waals surface area contributed by atoms with E-state index in [1.807, 2.05) is 45.0 Å². The van der Waals surface area contributed by atoms with Crippen LogP contribution in [0.4, 0.5) is 5.69 Å². The summed E-state index contributed by atoms with van der Waals surface area (Å²) in [4.78, 5) is 21.7. The van der Waals surface area contributed by atoms with Gasteiger partial charge < -0.3 is 16.0 Å². The van der Waals surface area contributed by atoms with Crippen LogP contribution in [0.25, 0.3) is 0 Å². The van der Waals surface area contributed by atoms with Crippen LogP contribution in [0.1, 0.15) is 35.0 Å². The van der Waals surface area contributed by atoms with Gasteiger partial charge >= 0.3 is 0 Å². The molecule has 1 amide bonds.